The van der Waals surface area contributed by atoms with E-state index in [1.807, 2.05) is 6.92 Å². The standard InChI is InChI=1S/C17H19N5O4/c1-10-7-15(22-26-10)20-14-5-6-18-17(21-14)19-11-8-12(23-2)16(25-4)13(9-11)24-3/h5-9H,1-4H3,(H2,18,19,20,21,22). The number of rotatable bonds is 7. The molecule has 0 aliphatic heterocycles. The van der Waals surface area contributed by atoms with Crippen molar-refractivity contribution in [3.8, 4) is 17.2 Å². The number of ether oxygens (including phenoxy) is 3. The second-order valence-corrected chi connectivity index (χ2v) is 5.25. The van der Waals surface area contributed by atoms with Gasteiger partial charge in [0.2, 0.25) is 11.7 Å². The molecule has 0 aliphatic carbocycles. The predicted molar refractivity (Wildman–Crippen MR) is 95.9 cm³/mol. The molecule has 0 fully saturated rings. The first-order valence-electron chi connectivity index (χ1n) is 7.73. The van der Waals surface area contributed by atoms with Gasteiger partial charge in [-0.25, -0.2) is 4.98 Å². The highest BCUT2D eigenvalue weighted by Crippen LogP contribution is 2.40. The Labute approximate surface area is 150 Å². The normalized spacial score (nSPS) is 10.3. The Bertz CT molecular complexity index is 871. The lowest BCUT2D eigenvalue weighted by molar-refractivity contribution is 0.324. The van der Waals surface area contributed by atoms with E-state index in [4.69, 9.17) is 18.7 Å². The summed E-state index contributed by atoms with van der Waals surface area (Å²) < 4.78 is 21.0. The molecule has 0 saturated heterocycles. The van der Waals surface area contributed by atoms with E-state index in [9.17, 15) is 0 Å². The van der Waals surface area contributed by atoms with Crippen LogP contribution in [0.2, 0.25) is 0 Å². The molecule has 0 unspecified atom stereocenters. The van der Waals surface area contributed by atoms with E-state index in [1.165, 1.54) is 0 Å². The first-order chi connectivity index (χ1) is 12.6. The minimum absolute atomic E-state index is 0.393. The van der Waals surface area contributed by atoms with Crippen LogP contribution in [0.5, 0.6) is 17.2 Å². The fourth-order valence-corrected chi connectivity index (χ4v) is 2.33. The zero-order valence-corrected chi connectivity index (χ0v) is 14.9. The number of hydrogen-bond donors (Lipinski definition) is 2. The first-order valence-corrected chi connectivity index (χ1v) is 7.73. The number of anilines is 4. The van der Waals surface area contributed by atoms with Crippen LogP contribution in [0.3, 0.4) is 0 Å². The van der Waals surface area contributed by atoms with Crippen molar-refractivity contribution in [2.75, 3.05) is 32.0 Å². The molecule has 9 heteroatoms. The molecule has 0 spiro atoms. The highest BCUT2D eigenvalue weighted by Gasteiger charge is 2.14. The third-order valence-corrected chi connectivity index (χ3v) is 3.46. The van der Waals surface area contributed by atoms with E-state index in [0.717, 1.165) is 0 Å². The largest absolute Gasteiger partial charge is 0.493 e. The Hall–Kier alpha value is -3.49. The lowest BCUT2D eigenvalue weighted by Crippen LogP contribution is -2.02. The lowest BCUT2D eigenvalue weighted by atomic mass is 10.2. The van der Waals surface area contributed by atoms with Crippen LogP contribution in [0, 0.1) is 6.92 Å². The Balaban J connectivity index is 1.83. The summed E-state index contributed by atoms with van der Waals surface area (Å²) in [7, 11) is 4.67. The number of aryl methyl sites for hydroxylation is 1. The van der Waals surface area contributed by atoms with Crippen LogP contribution in [-0.4, -0.2) is 36.5 Å². The van der Waals surface area contributed by atoms with Crippen molar-refractivity contribution in [3.05, 3.63) is 36.2 Å². The molecule has 0 radical (unpaired) electrons. The van der Waals surface area contributed by atoms with Gasteiger partial charge in [0.05, 0.1) is 21.3 Å². The first kappa shape index (κ1) is 17.3. The molecule has 1 aromatic carbocycles. The number of nitrogens with zero attached hydrogens (tertiary/aromatic N) is 3. The van der Waals surface area contributed by atoms with Crippen molar-refractivity contribution in [2.24, 2.45) is 0 Å². The van der Waals surface area contributed by atoms with Gasteiger partial charge in [0, 0.05) is 30.1 Å². The number of methoxy groups -OCH3 is 3. The molecule has 9 nitrogen and oxygen atoms in total. The molecule has 3 rings (SSSR count). The average molecular weight is 357 g/mol. The van der Waals surface area contributed by atoms with Gasteiger partial charge in [-0.15, -0.1) is 0 Å². The SMILES string of the molecule is COc1cc(Nc2nccc(Nc3cc(C)on3)n2)cc(OC)c1OC. The molecule has 0 saturated carbocycles. The van der Waals surface area contributed by atoms with E-state index >= 15 is 0 Å². The van der Waals surface area contributed by atoms with E-state index < -0.39 is 0 Å². The van der Waals surface area contributed by atoms with Crippen LogP contribution in [0.4, 0.5) is 23.3 Å². The van der Waals surface area contributed by atoms with Crippen LogP contribution >= 0.6 is 0 Å². The van der Waals surface area contributed by atoms with Gasteiger partial charge in [0.1, 0.15) is 11.6 Å². The Morgan fingerprint density at radius 3 is 2.23 bits per heavy atom. The third kappa shape index (κ3) is 3.77. The molecular formula is C17H19N5O4. The van der Waals surface area contributed by atoms with Gasteiger partial charge >= 0.3 is 0 Å². The van der Waals surface area contributed by atoms with Gasteiger partial charge in [-0.05, 0) is 13.0 Å². The molecule has 0 atom stereocenters. The van der Waals surface area contributed by atoms with Crippen molar-refractivity contribution in [1.82, 2.24) is 15.1 Å². The molecule has 2 aromatic heterocycles. The van der Waals surface area contributed by atoms with Crippen LogP contribution in [0.25, 0.3) is 0 Å². The number of benzene rings is 1. The summed E-state index contributed by atoms with van der Waals surface area (Å²) in [5, 5.41) is 10.0. The van der Waals surface area contributed by atoms with Gasteiger partial charge < -0.3 is 29.4 Å². The second kappa shape index (κ2) is 7.60. The van der Waals surface area contributed by atoms with Crippen LogP contribution in [-0.2, 0) is 0 Å². The zero-order chi connectivity index (χ0) is 18.5. The number of hydrogen-bond acceptors (Lipinski definition) is 9. The minimum atomic E-state index is 0.393. The Kier molecular flexibility index (Phi) is 5.07. The lowest BCUT2D eigenvalue weighted by Gasteiger charge is -2.14. The van der Waals surface area contributed by atoms with E-state index in [0.29, 0.717) is 46.3 Å². The van der Waals surface area contributed by atoms with Gasteiger partial charge in [0.25, 0.3) is 0 Å². The molecule has 26 heavy (non-hydrogen) atoms. The summed E-state index contributed by atoms with van der Waals surface area (Å²) in [6.07, 6.45) is 1.63. The topological polar surface area (TPSA) is 104 Å². The van der Waals surface area contributed by atoms with Crippen LogP contribution in [0.1, 0.15) is 5.76 Å². The molecule has 0 amide bonds. The monoisotopic (exact) mass is 357 g/mol. The average Bonchev–Trinajstić information content (AvgIpc) is 3.05. The van der Waals surface area contributed by atoms with Gasteiger partial charge in [-0.3, -0.25) is 0 Å². The van der Waals surface area contributed by atoms with Gasteiger partial charge in [-0.1, -0.05) is 5.16 Å². The third-order valence-electron chi connectivity index (χ3n) is 3.46. The Morgan fingerprint density at radius 2 is 1.65 bits per heavy atom. The number of aromatic nitrogens is 3. The Morgan fingerprint density at radius 1 is 0.923 bits per heavy atom. The molecule has 2 N–H and O–H groups in total. The highest BCUT2D eigenvalue weighted by atomic mass is 16.5. The van der Waals surface area contributed by atoms with Gasteiger partial charge in [-0.2, -0.15) is 4.98 Å². The maximum Gasteiger partial charge on any atom is 0.229 e. The number of nitrogens with one attached hydrogen (secondary N) is 2. The molecule has 0 aliphatic rings. The summed E-state index contributed by atoms with van der Waals surface area (Å²) in [5.41, 5.74) is 0.689. The smallest absolute Gasteiger partial charge is 0.229 e. The minimum Gasteiger partial charge on any atom is -0.493 e. The quantitative estimate of drug-likeness (QED) is 0.659. The maximum absolute atomic E-state index is 5.35. The van der Waals surface area contributed by atoms with E-state index in [1.54, 1.807) is 51.8 Å². The second-order valence-electron chi connectivity index (χ2n) is 5.25. The van der Waals surface area contributed by atoms with E-state index in [-0.39, 0.29) is 0 Å². The van der Waals surface area contributed by atoms with Crippen molar-refractivity contribution in [3.63, 3.8) is 0 Å². The molecular weight excluding hydrogens is 338 g/mol. The van der Waals surface area contributed by atoms with Crippen molar-refractivity contribution in [2.45, 2.75) is 6.92 Å². The fourth-order valence-electron chi connectivity index (χ4n) is 2.33. The summed E-state index contributed by atoms with van der Waals surface area (Å²) in [6, 6.07) is 7.04. The summed E-state index contributed by atoms with van der Waals surface area (Å²) in [5.74, 6) is 3.81. The molecule has 136 valence electrons. The van der Waals surface area contributed by atoms with Crippen molar-refractivity contribution < 1.29 is 18.7 Å². The predicted octanol–water partition coefficient (Wildman–Crippen LogP) is 3.29. The zero-order valence-electron chi connectivity index (χ0n) is 14.9. The highest BCUT2D eigenvalue weighted by molar-refractivity contribution is 5.66. The van der Waals surface area contributed by atoms with E-state index in [2.05, 4.69) is 25.8 Å². The van der Waals surface area contributed by atoms with Crippen LogP contribution in [0.15, 0.2) is 35.0 Å². The summed E-state index contributed by atoms with van der Waals surface area (Å²) >= 11 is 0. The molecule has 0 bridgehead atoms. The summed E-state index contributed by atoms with van der Waals surface area (Å²) in [6.45, 7) is 1.82. The maximum atomic E-state index is 5.35. The van der Waals surface area contributed by atoms with Gasteiger partial charge in [0.15, 0.2) is 17.3 Å². The molecule has 2 heterocycles. The summed E-state index contributed by atoms with van der Waals surface area (Å²) in [4.78, 5) is 8.61. The van der Waals surface area contributed by atoms with Crippen LogP contribution < -0.4 is 24.8 Å². The molecule has 3 aromatic rings. The van der Waals surface area contributed by atoms with Crippen molar-refractivity contribution >= 4 is 23.3 Å². The fraction of sp³-hybridized carbons (Fsp3) is 0.235. The van der Waals surface area contributed by atoms with Crippen molar-refractivity contribution in [1.29, 1.82) is 0 Å².